The molecule has 144 valence electrons. The Bertz CT molecular complexity index is 938. The van der Waals surface area contributed by atoms with Gasteiger partial charge in [-0.1, -0.05) is 24.3 Å². The second-order valence-corrected chi connectivity index (χ2v) is 8.92. The van der Waals surface area contributed by atoms with Gasteiger partial charge in [0.2, 0.25) is 15.9 Å². The Balaban J connectivity index is 1.92. The maximum Gasteiger partial charge on any atom is 0.244 e. The Labute approximate surface area is 159 Å². The molecule has 1 saturated carbocycles. The number of nitrogens with one attached hydrogen (secondary N) is 1. The molecule has 0 radical (unpaired) electrons. The summed E-state index contributed by atoms with van der Waals surface area (Å²) in [4.78, 5) is 12.5. The molecule has 0 aromatic heterocycles. The fourth-order valence-electron chi connectivity index (χ4n) is 2.80. The first-order valence-corrected chi connectivity index (χ1v) is 10.3. The fourth-order valence-corrected chi connectivity index (χ4v) is 4.50. The van der Waals surface area contributed by atoms with E-state index in [1.807, 2.05) is 13.0 Å². The molecule has 1 N–H and O–H groups in total. The molecule has 5 nitrogen and oxygen atoms in total. The Morgan fingerprint density at radius 1 is 1.15 bits per heavy atom. The smallest absolute Gasteiger partial charge is 0.244 e. The van der Waals surface area contributed by atoms with Gasteiger partial charge in [-0.25, -0.2) is 12.8 Å². The number of carbonyl (C=O) groups is 1. The first kappa shape index (κ1) is 19.5. The van der Waals surface area contributed by atoms with E-state index in [1.54, 1.807) is 19.1 Å². The SMILES string of the molecule is Cc1ccc(C)c(S(=O)(=O)N(CC(=O)NC2CC2)Cc2ccc(F)cc2)c1. The van der Waals surface area contributed by atoms with Gasteiger partial charge in [-0.2, -0.15) is 4.31 Å². The first-order valence-electron chi connectivity index (χ1n) is 8.87. The number of rotatable bonds is 7. The van der Waals surface area contributed by atoms with Gasteiger partial charge in [-0.3, -0.25) is 4.79 Å². The number of amides is 1. The van der Waals surface area contributed by atoms with E-state index in [0.717, 1.165) is 22.7 Å². The van der Waals surface area contributed by atoms with Crippen LogP contribution in [0.4, 0.5) is 4.39 Å². The van der Waals surface area contributed by atoms with Crippen molar-refractivity contribution < 1.29 is 17.6 Å². The normalized spacial score (nSPS) is 14.4. The van der Waals surface area contributed by atoms with Crippen LogP contribution in [-0.2, 0) is 21.4 Å². The highest BCUT2D eigenvalue weighted by molar-refractivity contribution is 7.89. The molecule has 2 aromatic carbocycles. The van der Waals surface area contributed by atoms with E-state index < -0.39 is 15.8 Å². The molecule has 7 heteroatoms. The number of hydrogen-bond acceptors (Lipinski definition) is 3. The summed E-state index contributed by atoms with van der Waals surface area (Å²) in [7, 11) is -3.89. The van der Waals surface area contributed by atoms with Crippen LogP contribution in [0.2, 0.25) is 0 Å². The molecule has 1 fully saturated rings. The van der Waals surface area contributed by atoms with E-state index in [-0.39, 0.29) is 29.9 Å². The zero-order chi connectivity index (χ0) is 19.6. The Morgan fingerprint density at radius 3 is 2.44 bits per heavy atom. The highest BCUT2D eigenvalue weighted by atomic mass is 32.2. The Kier molecular flexibility index (Phi) is 5.62. The Morgan fingerprint density at radius 2 is 1.81 bits per heavy atom. The molecular weight excluding hydrogens is 367 g/mol. The van der Waals surface area contributed by atoms with Crippen molar-refractivity contribution in [1.29, 1.82) is 0 Å². The summed E-state index contributed by atoms with van der Waals surface area (Å²) in [5.41, 5.74) is 2.06. The maximum atomic E-state index is 13.3. The lowest BCUT2D eigenvalue weighted by Gasteiger charge is -2.23. The molecule has 0 bridgehead atoms. The van der Waals surface area contributed by atoms with Gasteiger partial charge in [-0.05, 0) is 61.6 Å². The van der Waals surface area contributed by atoms with Gasteiger partial charge in [0.25, 0.3) is 0 Å². The molecule has 0 spiro atoms. The van der Waals surface area contributed by atoms with E-state index in [1.165, 1.54) is 24.3 Å². The minimum absolute atomic E-state index is 0.00587. The molecule has 0 aliphatic heterocycles. The van der Waals surface area contributed by atoms with Gasteiger partial charge in [0.15, 0.2) is 0 Å². The lowest BCUT2D eigenvalue weighted by molar-refractivity contribution is -0.121. The zero-order valence-electron chi connectivity index (χ0n) is 15.4. The van der Waals surface area contributed by atoms with Crippen LogP contribution in [0.25, 0.3) is 0 Å². The summed E-state index contributed by atoms with van der Waals surface area (Å²) in [6.07, 6.45) is 1.85. The van der Waals surface area contributed by atoms with Crippen LogP contribution in [-0.4, -0.2) is 31.2 Å². The molecule has 27 heavy (non-hydrogen) atoms. The molecule has 3 rings (SSSR count). The van der Waals surface area contributed by atoms with Crippen molar-refractivity contribution >= 4 is 15.9 Å². The molecular formula is C20H23FN2O3S. The largest absolute Gasteiger partial charge is 0.352 e. The van der Waals surface area contributed by atoms with Gasteiger partial charge < -0.3 is 5.32 Å². The van der Waals surface area contributed by atoms with Gasteiger partial charge in [0.1, 0.15) is 5.82 Å². The molecule has 0 atom stereocenters. The van der Waals surface area contributed by atoms with E-state index in [2.05, 4.69) is 5.32 Å². The number of halogens is 1. The Hall–Kier alpha value is -2.25. The molecule has 0 heterocycles. The highest BCUT2D eigenvalue weighted by Gasteiger charge is 2.30. The summed E-state index contributed by atoms with van der Waals surface area (Å²) in [6, 6.07) is 11.0. The van der Waals surface area contributed by atoms with E-state index in [4.69, 9.17) is 0 Å². The molecule has 0 saturated heterocycles. The van der Waals surface area contributed by atoms with Crippen LogP contribution >= 0.6 is 0 Å². The number of sulfonamides is 1. The number of nitrogens with zero attached hydrogens (tertiary/aromatic N) is 1. The van der Waals surface area contributed by atoms with Crippen LogP contribution in [0.15, 0.2) is 47.4 Å². The summed E-state index contributed by atoms with van der Waals surface area (Å²) in [5.74, 6) is -0.720. The third kappa shape index (κ3) is 4.93. The number of benzene rings is 2. The predicted octanol–water partition coefficient (Wildman–Crippen LogP) is 2.91. The third-order valence-corrected chi connectivity index (χ3v) is 6.43. The molecule has 1 aliphatic rings. The average Bonchev–Trinajstić information content (AvgIpc) is 3.42. The van der Waals surface area contributed by atoms with Crippen molar-refractivity contribution in [3.63, 3.8) is 0 Å². The summed E-state index contributed by atoms with van der Waals surface area (Å²) < 4.78 is 40.9. The zero-order valence-corrected chi connectivity index (χ0v) is 16.2. The minimum Gasteiger partial charge on any atom is -0.352 e. The van der Waals surface area contributed by atoms with Crippen molar-refractivity contribution in [3.8, 4) is 0 Å². The second kappa shape index (κ2) is 7.78. The van der Waals surface area contributed by atoms with Gasteiger partial charge in [-0.15, -0.1) is 0 Å². The summed E-state index contributed by atoms with van der Waals surface area (Å²) >= 11 is 0. The van der Waals surface area contributed by atoms with Crippen LogP contribution < -0.4 is 5.32 Å². The standard InChI is InChI=1S/C20H23FN2O3S/c1-14-3-4-15(2)19(11-14)27(25,26)23(13-20(24)22-18-9-10-18)12-16-5-7-17(21)8-6-16/h3-8,11,18H,9-10,12-13H2,1-2H3,(H,22,24). The van der Waals surface area contributed by atoms with Crippen molar-refractivity contribution in [2.75, 3.05) is 6.54 Å². The summed E-state index contributed by atoms with van der Waals surface area (Å²) in [6.45, 7) is 3.27. The number of carbonyl (C=O) groups excluding carboxylic acids is 1. The lowest BCUT2D eigenvalue weighted by atomic mass is 10.2. The van der Waals surface area contributed by atoms with Crippen molar-refractivity contribution in [1.82, 2.24) is 9.62 Å². The maximum absolute atomic E-state index is 13.3. The topological polar surface area (TPSA) is 66.5 Å². The van der Waals surface area contributed by atoms with Crippen LogP contribution in [0.5, 0.6) is 0 Å². The van der Waals surface area contributed by atoms with Crippen molar-refractivity contribution in [2.45, 2.75) is 44.2 Å². The van der Waals surface area contributed by atoms with Gasteiger partial charge in [0, 0.05) is 12.6 Å². The van der Waals surface area contributed by atoms with Crippen LogP contribution in [0.3, 0.4) is 0 Å². The quantitative estimate of drug-likeness (QED) is 0.791. The van der Waals surface area contributed by atoms with Crippen LogP contribution in [0.1, 0.15) is 29.5 Å². The molecule has 0 unspecified atom stereocenters. The van der Waals surface area contributed by atoms with Crippen molar-refractivity contribution in [2.24, 2.45) is 0 Å². The number of aryl methyl sites for hydroxylation is 2. The van der Waals surface area contributed by atoms with E-state index in [9.17, 15) is 17.6 Å². The highest BCUT2D eigenvalue weighted by Crippen LogP contribution is 2.24. The molecule has 2 aromatic rings. The fraction of sp³-hybridized carbons (Fsp3) is 0.350. The average molecular weight is 390 g/mol. The first-order chi connectivity index (χ1) is 12.8. The number of hydrogen-bond donors (Lipinski definition) is 1. The monoisotopic (exact) mass is 390 g/mol. The third-order valence-electron chi connectivity index (χ3n) is 4.50. The molecule has 1 amide bonds. The van der Waals surface area contributed by atoms with Gasteiger partial charge >= 0.3 is 0 Å². The second-order valence-electron chi connectivity index (χ2n) is 7.01. The minimum atomic E-state index is -3.89. The predicted molar refractivity (Wildman–Crippen MR) is 101 cm³/mol. The van der Waals surface area contributed by atoms with Crippen LogP contribution in [0, 0.1) is 19.7 Å². The van der Waals surface area contributed by atoms with Crippen molar-refractivity contribution in [3.05, 3.63) is 65.0 Å². The summed E-state index contributed by atoms with van der Waals surface area (Å²) in [5, 5.41) is 2.82. The van der Waals surface area contributed by atoms with Gasteiger partial charge in [0.05, 0.1) is 11.4 Å². The lowest BCUT2D eigenvalue weighted by Crippen LogP contribution is -2.41. The van der Waals surface area contributed by atoms with E-state index >= 15 is 0 Å². The van der Waals surface area contributed by atoms with E-state index in [0.29, 0.717) is 11.1 Å². The molecule has 1 aliphatic carbocycles.